The number of carbonyl (C=O) groups is 1. The van der Waals surface area contributed by atoms with Crippen LogP contribution >= 0.6 is 0 Å². The molecule has 1 heterocycles. The summed E-state index contributed by atoms with van der Waals surface area (Å²) in [7, 11) is 0. The standard InChI is InChI=1S/C29H37NO2/c1-29(24-5-3-2-4-6-24)16-13-23-19-26(32)11-12-27(23)28(29)22-7-9-25(10-8-22)30-17-14-21(20-31)15-18-30/h7-12,19-21,24,28,32H,2-6,13-18H2,1H3/t28-,29-/m1/s1. The molecule has 2 atom stereocenters. The van der Waals surface area contributed by atoms with Gasteiger partial charge in [-0.2, -0.15) is 0 Å². The fourth-order valence-electron chi connectivity index (χ4n) is 6.93. The average molecular weight is 432 g/mol. The SMILES string of the molecule is C[C@]1(C2CCCCC2)CCc2cc(O)ccc2[C@H]1c1ccc(N2CCC(C=O)CC2)cc1. The summed E-state index contributed by atoms with van der Waals surface area (Å²) < 4.78 is 0. The van der Waals surface area contributed by atoms with Crippen molar-refractivity contribution in [2.45, 2.75) is 70.6 Å². The highest BCUT2D eigenvalue weighted by Gasteiger charge is 2.45. The Hall–Kier alpha value is -2.29. The normalized spacial score (nSPS) is 27.2. The van der Waals surface area contributed by atoms with E-state index < -0.39 is 0 Å². The second kappa shape index (κ2) is 8.92. The Morgan fingerprint density at radius 2 is 1.69 bits per heavy atom. The van der Waals surface area contributed by atoms with Gasteiger partial charge in [0.2, 0.25) is 0 Å². The van der Waals surface area contributed by atoms with Crippen LogP contribution in [0.5, 0.6) is 5.75 Å². The average Bonchev–Trinajstić information content (AvgIpc) is 2.85. The first-order valence-electron chi connectivity index (χ1n) is 12.7. The van der Waals surface area contributed by atoms with Crippen LogP contribution in [0.25, 0.3) is 0 Å². The molecule has 2 aromatic carbocycles. The molecule has 0 bridgehead atoms. The molecule has 0 radical (unpaired) electrons. The van der Waals surface area contributed by atoms with Crippen molar-refractivity contribution in [3.05, 3.63) is 59.2 Å². The van der Waals surface area contributed by atoms with Crippen molar-refractivity contribution in [1.82, 2.24) is 0 Å². The third-order valence-electron chi connectivity index (χ3n) is 8.89. The first kappa shape index (κ1) is 21.6. The van der Waals surface area contributed by atoms with Gasteiger partial charge in [-0.15, -0.1) is 0 Å². The third-order valence-corrected chi connectivity index (χ3v) is 8.89. The van der Waals surface area contributed by atoms with Gasteiger partial charge in [0.05, 0.1) is 0 Å². The van der Waals surface area contributed by atoms with E-state index in [1.165, 1.54) is 60.9 Å². The van der Waals surface area contributed by atoms with Gasteiger partial charge in [-0.3, -0.25) is 0 Å². The number of carbonyl (C=O) groups excluding carboxylic acids is 1. The van der Waals surface area contributed by atoms with E-state index in [0.29, 0.717) is 11.7 Å². The Balaban J connectivity index is 1.47. The molecule has 0 spiro atoms. The second-order valence-electron chi connectivity index (χ2n) is 10.7. The number of aromatic hydroxyl groups is 1. The minimum Gasteiger partial charge on any atom is -0.508 e. The molecule has 0 unspecified atom stereocenters. The van der Waals surface area contributed by atoms with Crippen molar-refractivity contribution in [2.24, 2.45) is 17.3 Å². The largest absolute Gasteiger partial charge is 0.508 e. The molecule has 3 aliphatic rings. The fraction of sp³-hybridized carbons (Fsp3) is 0.552. The maximum Gasteiger partial charge on any atom is 0.123 e. The molecule has 1 aliphatic heterocycles. The quantitative estimate of drug-likeness (QED) is 0.564. The predicted octanol–water partition coefficient (Wildman–Crippen LogP) is 6.47. The number of phenolic OH excluding ortho intramolecular Hbond substituents is 1. The van der Waals surface area contributed by atoms with E-state index >= 15 is 0 Å². The number of nitrogens with zero attached hydrogens (tertiary/aromatic N) is 1. The Labute approximate surface area is 192 Å². The number of fused-ring (bicyclic) bond motifs is 1. The predicted molar refractivity (Wildman–Crippen MR) is 130 cm³/mol. The summed E-state index contributed by atoms with van der Waals surface area (Å²) in [6, 6.07) is 15.4. The molecule has 3 heteroatoms. The van der Waals surface area contributed by atoms with E-state index in [2.05, 4.69) is 42.2 Å². The van der Waals surface area contributed by atoms with E-state index in [4.69, 9.17) is 0 Å². The summed E-state index contributed by atoms with van der Waals surface area (Å²) in [5, 5.41) is 10.1. The molecule has 1 saturated carbocycles. The van der Waals surface area contributed by atoms with Crippen molar-refractivity contribution in [3.8, 4) is 5.75 Å². The van der Waals surface area contributed by atoms with E-state index in [0.717, 1.165) is 44.6 Å². The number of rotatable bonds is 4. The van der Waals surface area contributed by atoms with Crippen LogP contribution in [0, 0.1) is 17.3 Å². The fourth-order valence-corrected chi connectivity index (χ4v) is 6.93. The van der Waals surface area contributed by atoms with Crippen LogP contribution < -0.4 is 4.90 Å². The summed E-state index contributed by atoms with van der Waals surface area (Å²) in [4.78, 5) is 13.5. The van der Waals surface area contributed by atoms with Crippen molar-refractivity contribution < 1.29 is 9.90 Å². The van der Waals surface area contributed by atoms with Gasteiger partial charge in [-0.1, -0.05) is 44.4 Å². The molecule has 32 heavy (non-hydrogen) atoms. The minimum atomic E-state index is 0.233. The Morgan fingerprint density at radius 1 is 0.969 bits per heavy atom. The lowest BCUT2D eigenvalue weighted by atomic mass is 9.55. The molecule has 0 amide bonds. The Morgan fingerprint density at radius 3 is 2.38 bits per heavy atom. The highest BCUT2D eigenvalue weighted by atomic mass is 16.3. The minimum absolute atomic E-state index is 0.233. The molecule has 5 rings (SSSR count). The topological polar surface area (TPSA) is 40.5 Å². The number of aryl methyl sites for hydroxylation is 1. The van der Waals surface area contributed by atoms with Gasteiger partial charge in [0.25, 0.3) is 0 Å². The number of benzene rings is 2. The van der Waals surface area contributed by atoms with Crippen molar-refractivity contribution in [2.75, 3.05) is 18.0 Å². The van der Waals surface area contributed by atoms with Crippen LogP contribution in [-0.2, 0) is 11.2 Å². The zero-order valence-corrected chi connectivity index (χ0v) is 19.4. The van der Waals surface area contributed by atoms with Crippen LogP contribution in [0.1, 0.15) is 80.9 Å². The molecular weight excluding hydrogens is 394 g/mol. The lowest BCUT2D eigenvalue weighted by Crippen LogP contribution is -2.39. The van der Waals surface area contributed by atoms with Gasteiger partial charge in [-0.25, -0.2) is 0 Å². The van der Waals surface area contributed by atoms with E-state index in [-0.39, 0.29) is 11.3 Å². The number of phenols is 1. The van der Waals surface area contributed by atoms with Gasteiger partial charge in [-0.05, 0) is 90.8 Å². The van der Waals surface area contributed by atoms with Crippen LogP contribution in [0.15, 0.2) is 42.5 Å². The van der Waals surface area contributed by atoms with Crippen molar-refractivity contribution in [3.63, 3.8) is 0 Å². The van der Waals surface area contributed by atoms with E-state index in [1.807, 2.05) is 12.1 Å². The van der Waals surface area contributed by atoms with Crippen molar-refractivity contribution in [1.29, 1.82) is 0 Å². The first-order valence-corrected chi connectivity index (χ1v) is 12.7. The van der Waals surface area contributed by atoms with Crippen LogP contribution in [0.3, 0.4) is 0 Å². The molecule has 0 aromatic heterocycles. The van der Waals surface area contributed by atoms with Gasteiger partial charge in [0.15, 0.2) is 0 Å². The summed E-state index contributed by atoms with van der Waals surface area (Å²) in [6.07, 6.45) is 12.1. The van der Waals surface area contributed by atoms with Gasteiger partial charge < -0.3 is 14.8 Å². The van der Waals surface area contributed by atoms with E-state index in [9.17, 15) is 9.90 Å². The number of piperidine rings is 1. The Bertz CT molecular complexity index is 938. The summed E-state index contributed by atoms with van der Waals surface area (Å²) in [5.41, 5.74) is 5.69. The van der Waals surface area contributed by atoms with Gasteiger partial charge in [0.1, 0.15) is 12.0 Å². The monoisotopic (exact) mass is 431 g/mol. The molecule has 2 aliphatic carbocycles. The van der Waals surface area contributed by atoms with Gasteiger partial charge >= 0.3 is 0 Å². The summed E-state index contributed by atoms with van der Waals surface area (Å²) in [6.45, 7) is 4.48. The molecular formula is C29H37NO2. The van der Waals surface area contributed by atoms with Crippen LogP contribution in [-0.4, -0.2) is 24.5 Å². The molecule has 3 nitrogen and oxygen atoms in total. The maximum absolute atomic E-state index is 11.1. The molecule has 1 saturated heterocycles. The molecule has 170 valence electrons. The molecule has 1 N–H and O–H groups in total. The Kier molecular flexibility index (Phi) is 6.01. The summed E-state index contributed by atoms with van der Waals surface area (Å²) >= 11 is 0. The van der Waals surface area contributed by atoms with Crippen molar-refractivity contribution >= 4 is 12.0 Å². The number of hydrogen-bond donors (Lipinski definition) is 1. The molecule has 2 fully saturated rings. The zero-order valence-electron chi connectivity index (χ0n) is 19.4. The second-order valence-corrected chi connectivity index (χ2v) is 10.7. The third kappa shape index (κ3) is 3.95. The van der Waals surface area contributed by atoms with E-state index in [1.54, 1.807) is 0 Å². The highest BCUT2D eigenvalue weighted by Crippen LogP contribution is 2.56. The van der Waals surface area contributed by atoms with Gasteiger partial charge in [0, 0.05) is 30.6 Å². The smallest absolute Gasteiger partial charge is 0.123 e. The zero-order chi connectivity index (χ0) is 22.1. The number of aldehydes is 1. The number of hydrogen-bond acceptors (Lipinski definition) is 3. The lowest BCUT2D eigenvalue weighted by Gasteiger charge is -2.49. The summed E-state index contributed by atoms with van der Waals surface area (Å²) in [5.74, 6) is 1.77. The van der Waals surface area contributed by atoms with Crippen LogP contribution in [0.4, 0.5) is 5.69 Å². The lowest BCUT2D eigenvalue weighted by molar-refractivity contribution is -0.111. The highest BCUT2D eigenvalue weighted by molar-refractivity contribution is 5.56. The maximum atomic E-state index is 11.1. The number of anilines is 1. The molecule has 2 aromatic rings. The first-order chi connectivity index (χ1) is 15.6. The van der Waals surface area contributed by atoms with Crippen LogP contribution in [0.2, 0.25) is 0 Å².